The van der Waals surface area contributed by atoms with Gasteiger partial charge in [-0.15, -0.1) is 0 Å². The number of rotatable bonds is 6. The lowest BCUT2D eigenvalue weighted by molar-refractivity contribution is -0.138. The minimum absolute atomic E-state index is 0.122. The zero-order valence-corrected chi connectivity index (χ0v) is 15.8. The predicted octanol–water partition coefficient (Wildman–Crippen LogP) is 4.51. The minimum atomic E-state index is -0.314. The topological polar surface area (TPSA) is 67.5 Å². The number of likely N-dealkylation sites (N-methyl/N-ethyl adjacent to an activating group) is 1. The molecule has 0 atom stereocenters. The molecule has 6 heteroatoms. The summed E-state index contributed by atoms with van der Waals surface area (Å²) in [6, 6.07) is 19.9. The molecule has 142 valence electrons. The fraction of sp³-hybridized carbons (Fsp3) is 0.182. The Labute approximate surface area is 162 Å². The van der Waals surface area contributed by atoms with Gasteiger partial charge < -0.3 is 14.4 Å². The second-order valence-electron chi connectivity index (χ2n) is 6.43. The highest BCUT2D eigenvalue weighted by atomic mass is 16.5. The molecule has 28 heavy (non-hydrogen) atoms. The molecule has 0 unspecified atom stereocenters. The van der Waals surface area contributed by atoms with Crippen LogP contribution in [0.3, 0.4) is 0 Å². The average molecular weight is 375 g/mol. The Morgan fingerprint density at radius 3 is 2.68 bits per heavy atom. The Kier molecular flexibility index (Phi) is 4.85. The highest BCUT2D eigenvalue weighted by molar-refractivity contribution is 5.97. The maximum Gasteiger partial charge on any atom is 0.325 e. The van der Waals surface area contributed by atoms with Crippen LogP contribution in [0.1, 0.15) is 6.92 Å². The van der Waals surface area contributed by atoms with Crippen LogP contribution in [0.25, 0.3) is 21.7 Å². The predicted molar refractivity (Wildman–Crippen MR) is 110 cm³/mol. The number of methoxy groups -OCH3 is 1. The maximum absolute atomic E-state index is 11.8. The number of aromatic amines is 1. The van der Waals surface area contributed by atoms with Crippen molar-refractivity contribution < 1.29 is 14.3 Å². The van der Waals surface area contributed by atoms with Crippen molar-refractivity contribution >= 4 is 33.5 Å². The molecule has 4 aromatic rings. The number of ether oxygens (including phenoxy) is 2. The number of nitrogens with zero attached hydrogens (tertiary/aromatic N) is 2. The Hall–Kier alpha value is -3.54. The summed E-state index contributed by atoms with van der Waals surface area (Å²) in [4.78, 5) is 13.6. The van der Waals surface area contributed by atoms with Crippen LogP contribution >= 0.6 is 0 Å². The Balaban J connectivity index is 1.74. The molecule has 0 aliphatic heterocycles. The molecule has 0 fully saturated rings. The second kappa shape index (κ2) is 7.60. The summed E-state index contributed by atoms with van der Waals surface area (Å²) >= 11 is 0. The van der Waals surface area contributed by atoms with E-state index in [-0.39, 0.29) is 12.5 Å². The van der Waals surface area contributed by atoms with E-state index in [1.165, 1.54) is 7.11 Å². The Morgan fingerprint density at radius 1 is 1.07 bits per heavy atom. The number of hydrogen-bond acceptors (Lipinski definition) is 5. The van der Waals surface area contributed by atoms with Crippen molar-refractivity contribution in [3.63, 3.8) is 0 Å². The van der Waals surface area contributed by atoms with Crippen LogP contribution in [0.2, 0.25) is 0 Å². The van der Waals surface area contributed by atoms with Gasteiger partial charge >= 0.3 is 5.97 Å². The van der Waals surface area contributed by atoms with Crippen LogP contribution in [0, 0.1) is 0 Å². The van der Waals surface area contributed by atoms with Gasteiger partial charge in [-0.1, -0.05) is 36.4 Å². The SMILES string of the molecule is CCN(CC(=O)OC)c1n[nH]c2cccc(Oc3ccc4ccccc4c3)c12. The summed E-state index contributed by atoms with van der Waals surface area (Å²) < 4.78 is 11.0. The van der Waals surface area contributed by atoms with Crippen LogP contribution in [0.15, 0.2) is 60.7 Å². The molecule has 0 bridgehead atoms. The number of nitrogens with one attached hydrogen (secondary N) is 1. The first kappa shape index (κ1) is 17.9. The number of esters is 1. The van der Waals surface area contributed by atoms with Gasteiger partial charge in [0.15, 0.2) is 5.82 Å². The van der Waals surface area contributed by atoms with E-state index < -0.39 is 0 Å². The third kappa shape index (κ3) is 3.36. The number of anilines is 1. The number of aromatic nitrogens is 2. The van der Waals surface area contributed by atoms with Crippen LogP contribution in [-0.2, 0) is 9.53 Å². The fourth-order valence-electron chi connectivity index (χ4n) is 3.25. The van der Waals surface area contributed by atoms with Crippen LogP contribution < -0.4 is 9.64 Å². The molecule has 1 N–H and O–H groups in total. The monoisotopic (exact) mass is 375 g/mol. The molecule has 0 aliphatic carbocycles. The van der Waals surface area contributed by atoms with Gasteiger partial charge in [-0.05, 0) is 42.0 Å². The van der Waals surface area contributed by atoms with Crippen molar-refractivity contribution in [2.45, 2.75) is 6.92 Å². The number of H-pyrrole nitrogens is 1. The Bertz CT molecular complexity index is 1140. The zero-order chi connectivity index (χ0) is 19.5. The standard InChI is InChI=1S/C22H21N3O3/c1-3-25(14-20(26)27-2)22-21-18(23-24-22)9-6-10-19(21)28-17-12-11-15-7-4-5-8-16(15)13-17/h4-13H,3,14H2,1-2H3,(H,23,24). The van der Waals surface area contributed by atoms with Gasteiger partial charge in [-0.2, -0.15) is 5.10 Å². The van der Waals surface area contributed by atoms with Crippen molar-refractivity contribution in [2.24, 2.45) is 0 Å². The first-order valence-electron chi connectivity index (χ1n) is 9.15. The van der Waals surface area contributed by atoms with Crippen LogP contribution in [-0.4, -0.2) is 36.4 Å². The largest absolute Gasteiger partial charge is 0.468 e. The molecule has 1 aromatic heterocycles. The number of fused-ring (bicyclic) bond motifs is 2. The Morgan fingerprint density at radius 2 is 1.89 bits per heavy atom. The van der Waals surface area contributed by atoms with Gasteiger partial charge in [-0.3, -0.25) is 9.89 Å². The summed E-state index contributed by atoms with van der Waals surface area (Å²) in [7, 11) is 1.38. The first-order valence-corrected chi connectivity index (χ1v) is 9.15. The average Bonchev–Trinajstić information content (AvgIpc) is 3.17. The number of carbonyl (C=O) groups excluding carboxylic acids is 1. The normalized spacial score (nSPS) is 10.9. The first-order chi connectivity index (χ1) is 13.7. The molecule has 0 saturated carbocycles. The fourth-order valence-corrected chi connectivity index (χ4v) is 3.25. The van der Waals surface area contributed by atoms with Gasteiger partial charge in [0.2, 0.25) is 0 Å². The molecule has 0 saturated heterocycles. The number of benzene rings is 3. The quantitative estimate of drug-likeness (QED) is 0.502. The van der Waals surface area contributed by atoms with E-state index in [1.54, 1.807) is 0 Å². The van der Waals surface area contributed by atoms with E-state index in [1.807, 2.05) is 60.4 Å². The summed E-state index contributed by atoms with van der Waals surface area (Å²) in [6.07, 6.45) is 0. The molecule has 0 amide bonds. The molecule has 0 spiro atoms. The van der Waals surface area contributed by atoms with Gasteiger partial charge in [0, 0.05) is 6.54 Å². The molecule has 6 nitrogen and oxygen atoms in total. The van der Waals surface area contributed by atoms with Gasteiger partial charge in [-0.25, -0.2) is 0 Å². The minimum Gasteiger partial charge on any atom is -0.468 e. The number of hydrogen-bond donors (Lipinski definition) is 1. The highest BCUT2D eigenvalue weighted by Crippen LogP contribution is 2.36. The third-order valence-corrected chi connectivity index (χ3v) is 4.71. The van der Waals surface area contributed by atoms with Gasteiger partial charge in [0.05, 0.1) is 18.0 Å². The van der Waals surface area contributed by atoms with E-state index in [9.17, 15) is 4.79 Å². The van der Waals surface area contributed by atoms with Crippen LogP contribution in [0.4, 0.5) is 5.82 Å². The third-order valence-electron chi connectivity index (χ3n) is 4.71. The van der Waals surface area contributed by atoms with Gasteiger partial charge in [0.25, 0.3) is 0 Å². The summed E-state index contributed by atoms with van der Waals surface area (Å²) in [5, 5.41) is 10.6. The van der Waals surface area contributed by atoms with E-state index in [2.05, 4.69) is 22.3 Å². The second-order valence-corrected chi connectivity index (χ2v) is 6.43. The lowest BCUT2D eigenvalue weighted by atomic mass is 10.1. The molecular formula is C22H21N3O3. The maximum atomic E-state index is 11.8. The van der Waals surface area contributed by atoms with E-state index in [0.29, 0.717) is 18.1 Å². The lowest BCUT2D eigenvalue weighted by Crippen LogP contribution is -2.30. The molecule has 3 aromatic carbocycles. The summed E-state index contributed by atoms with van der Waals surface area (Å²) in [5.41, 5.74) is 0.844. The molecule has 0 aliphatic rings. The van der Waals surface area contributed by atoms with Crippen molar-refractivity contribution in [2.75, 3.05) is 25.1 Å². The molecule has 1 heterocycles. The van der Waals surface area contributed by atoms with Crippen molar-refractivity contribution in [3.8, 4) is 11.5 Å². The van der Waals surface area contributed by atoms with Crippen molar-refractivity contribution in [1.82, 2.24) is 10.2 Å². The lowest BCUT2D eigenvalue weighted by Gasteiger charge is -2.19. The molecule has 4 rings (SSSR count). The molecule has 0 radical (unpaired) electrons. The zero-order valence-electron chi connectivity index (χ0n) is 15.8. The van der Waals surface area contributed by atoms with Crippen molar-refractivity contribution in [1.29, 1.82) is 0 Å². The molecular weight excluding hydrogens is 354 g/mol. The van der Waals surface area contributed by atoms with Crippen molar-refractivity contribution in [3.05, 3.63) is 60.7 Å². The van der Waals surface area contributed by atoms with Gasteiger partial charge in [0.1, 0.15) is 18.0 Å². The smallest absolute Gasteiger partial charge is 0.325 e. The highest BCUT2D eigenvalue weighted by Gasteiger charge is 2.19. The van der Waals surface area contributed by atoms with Crippen LogP contribution in [0.5, 0.6) is 11.5 Å². The van der Waals surface area contributed by atoms with E-state index >= 15 is 0 Å². The summed E-state index contributed by atoms with van der Waals surface area (Å²) in [5.74, 6) is 1.78. The summed E-state index contributed by atoms with van der Waals surface area (Å²) in [6.45, 7) is 2.70. The van der Waals surface area contributed by atoms with E-state index in [0.717, 1.165) is 27.4 Å². The van der Waals surface area contributed by atoms with E-state index in [4.69, 9.17) is 9.47 Å². The number of carbonyl (C=O) groups is 1.